The highest BCUT2D eigenvalue weighted by Gasteiger charge is 2.41. The van der Waals surface area contributed by atoms with Gasteiger partial charge < -0.3 is 0 Å². The van der Waals surface area contributed by atoms with Crippen LogP contribution in [0.1, 0.15) is 19.4 Å². The summed E-state index contributed by atoms with van der Waals surface area (Å²) in [6.45, 7) is 4.21. The summed E-state index contributed by atoms with van der Waals surface area (Å²) in [6, 6.07) is 8.10. The predicted octanol–water partition coefficient (Wildman–Crippen LogP) is 3.39. The van der Waals surface area contributed by atoms with Crippen LogP contribution in [0.4, 0.5) is 0 Å². The summed E-state index contributed by atoms with van der Waals surface area (Å²) in [6.07, 6.45) is 1.88. The van der Waals surface area contributed by atoms with Crippen LogP contribution in [0.25, 0.3) is 0 Å². The van der Waals surface area contributed by atoms with Gasteiger partial charge in [-0.05, 0) is 54.1 Å². The third-order valence-corrected chi connectivity index (χ3v) is 7.40. The molecule has 0 aromatic heterocycles. The van der Waals surface area contributed by atoms with Crippen LogP contribution >= 0.6 is 45.2 Å². The molecule has 0 saturated carbocycles. The number of likely N-dealkylation sites (N-methyl/N-ethyl adjacent to an activating group) is 1. The Hall–Kier alpha value is 0.550. The lowest BCUT2D eigenvalue weighted by Crippen LogP contribution is -2.54. The third-order valence-electron chi connectivity index (χ3n) is 3.18. The molecule has 4 nitrogen and oxygen atoms in total. The molecule has 120 valence electrons. The maximum absolute atomic E-state index is 12.2. The van der Waals surface area contributed by atoms with Crippen LogP contribution in [0.3, 0.4) is 0 Å². The molecule has 1 unspecified atom stereocenters. The minimum atomic E-state index is -3.38. The number of alkyl halides is 1. The molecule has 1 atom stereocenters. The smallest absolute Gasteiger partial charge is 0.180 e. The molecule has 1 aromatic rings. The van der Waals surface area contributed by atoms with E-state index in [4.69, 9.17) is 4.84 Å². The SMILES string of the molecule is CC(C)(CI)O[N+](C)(CCc1ccc(I)cc1)S(C)(=O)=O. The third kappa shape index (κ3) is 5.92. The molecule has 0 heterocycles. The van der Waals surface area contributed by atoms with Gasteiger partial charge >= 0.3 is 10.0 Å². The molecule has 0 aliphatic carbocycles. The van der Waals surface area contributed by atoms with Crippen LogP contribution in [-0.4, -0.2) is 42.3 Å². The van der Waals surface area contributed by atoms with Crippen LogP contribution in [-0.2, 0) is 21.3 Å². The number of nitrogens with zero attached hydrogens (tertiary/aromatic N) is 1. The molecule has 0 amide bonds. The average molecular weight is 538 g/mol. The van der Waals surface area contributed by atoms with Crippen molar-refractivity contribution in [1.82, 2.24) is 0 Å². The Morgan fingerprint density at radius 3 is 2.19 bits per heavy atom. The van der Waals surface area contributed by atoms with Gasteiger partial charge in [-0.15, -0.1) is 0 Å². The Labute approximate surface area is 155 Å². The lowest BCUT2D eigenvalue weighted by Gasteiger charge is -2.35. The van der Waals surface area contributed by atoms with Gasteiger partial charge in [-0.1, -0.05) is 38.8 Å². The van der Waals surface area contributed by atoms with Crippen molar-refractivity contribution in [2.75, 3.05) is 24.3 Å². The number of halogens is 2. The number of hydroxylamine groups is 2. The zero-order valence-electron chi connectivity index (χ0n) is 12.8. The number of rotatable bonds is 7. The summed E-state index contributed by atoms with van der Waals surface area (Å²) >= 11 is 4.46. The van der Waals surface area contributed by atoms with Crippen molar-refractivity contribution in [1.29, 1.82) is 0 Å². The zero-order chi connectivity index (χ0) is 16.3. The largest absolute Gasteiger partial charge is 0.323 e. The molecule has 1 aromatic carbocycles. The van der Waals surface area contributed by atoms with E-state index in [2.05, 4.69) is 45.2 Å². The van der Waals surface area contributed by atoms with E-state index in [0.717, 1.165) is 9.99 Å². The first-order valence-corrected chi connectivity index (χ1v) is 11.0. The summed E-state index contributed by atoms with van der Waals surface area (Å²) in [5, 5.41) is 0. The minimum absolute atomic E-state index is 0.388. The monoisotopic (exact) mass is 538 g/mol. The Kier molecular flexibility index (Phi) is 6.92. The van der Waals surface area contributed by atoms with E-state index in [1.165, 1.54) is 9.83 Å². The van der Waals surface area contributed by atoms with Crippen molar-refractivity contribution in [2.24, 2.45) is 0 Å². The summed E-state index contributed by atoms with van der Waals surface area (Å²) in [4.78, 5) is 5.93. The van der Waals surface area contributed by atoms with E-state index in [1.54, 1.807) is 7.05 Å². The first kappa shape index (κ1) is 19.6. The second kappa shape index (κ2) is 7.41. The second-order valence-electron chi connectivity index (χ2n) is 5.83. The molecular weight excluding hydrogens is 516 g/mol. The molecule has 7 heteroatoms. The molecular formula is C14H22I2NO3S+. The minimum Gasteiger partial charge on any atom is -0.180 e. The fraction of sp³-hybridized carbons (Fsp3) is 0.571. The number of hydrogen-bond acceptors (Lipinski definition) is 3. The van der Waals surface area contributed by atoms with Gasteiger partial charge in [0.15, 0.2) is 0 Å². The van der Waals surface area contributed by atoms with Crippen LogP contribution in [0, 0.1) is 3.57 Å². The summed E-state index contributed by atoms with van der Waals surface area (Å²) < 4.78 is 25.8. The molecule has 0 fully saturated rings. The highest BCUT2D eigenvalue weighted by molar-refractivity contribution is 14.1. The standard InChI is InChI=1S/C14H22I2NO3S/c1-14(2,11-15)20-17(3,21(4,18)19)10-9-12-5-7-13(16)8-6-12/h5-8H,9-11H2,1-4H3/q+1. The van der Waals surface area contributed by atoms with Crippen LogP contribution < -0.4 is 0 Å². The van der Waals surface area contributed by atoms with Crippen molar-refractivity contribution < 1.29 is 17.3 Å². The maximum atomic E-state index is 12.2. The van der Waals surface area contributed by atoms with Crippen molar-refractivity contribution in [3.8, 4) is 0 Å². The second-order valence-corrected chi connectivity index (χ2v) is 10.1. The highest BCUT2D eigenvalue weighted by Crippen LogP contribution is 2.24. The van der Waals surface area contributed by atoms with Gasteiger partial charge in [0.1, 0.15) is 19.2 Å². The van der Waals surface area contributed by atoms with Crippen molar-refractivity contribution in [3.05, 3.63) is 33.4 Å². The first-order valence-electron chi connectivity index (χ1n) is 6.56. The van der Waals surface area contributed by atoms with E-state index < -0.39 is 19.7 Å². The Balaban J connectivity index is 2.91. The van der Waals surface area contributed by atoms with Crippen LogP contribution in [0.2, 0.25) is 0 Å². The van der Waals surface area contributed by atoms with Gasteiger partial charge in [-0.3, -0.25) is 0 Å². The normalized spacial score (nSPS) is 15.7. The first-order chi connectivity index (χ1) is 9.49. The van der Waals surface area contributed by atoms with E-state index in [0.29, 0.717) is 13.0 Å². The molecule has 0 bridgehead atoms. The number of quaternary nitrogens is 1. The lowest BCUT2D eigenvalue weighted by atomic mass is 10.1. The van der Waals surface area contributed by atoms with Gasteiger partial charge in [0.25, 0.3) is 0 Å². The fourth-order valence-corrected chi connectivity index (χ4v) is 3.07. The van der Waals surface area contributed by atoms with Gasteiger partial charge in [0.05, 0.1) is 6.26 Å². The maximum Gasteiger partial charge on any atom is 0.323 e. The van der Waals surface area contributed by atoms with Crippen molar-refractivity contribution in [2.45, 2.75) is 25.9 Å². The molecule has 0 N–H and O–H groups in total. The molecule has 0 aliphatic rings. The van der Waals surface area contributed by atoms with E-state index in [9.17, 15) is 8.42 Å². The molecule has 0 spiro atoms. The highest BCUT2D eigenvalue weighted by atomic mass is 127. The number of hydrogen-bond donors (Lipinski definition) is 0. The van der Waals surface area contributed by atoms with Crippen molar-refractivity contribution in [3.63, 3.8) is 0 Å². The predicted molar refractivity (Wildman–Crippen MR) is 103 cm³/mol. The zero-order valence-corrected chi connectivity index (χ0v) is 17.9. The number of benzene rings is 1. The lowest BCUT2D eigenvalue weighted by molar-refractivity contribution is -1.00. The topological polar surface area (TPSA) is 43.4 Å². The molecule has 0 radical (unpaired) electrons. The molecule has 0 aliphatic heterocycles. The van der Waals surface area contributed by atoms with Gasteiger partial charge in [0.2, 0.25) is 0 Å². The summed E-state index contributed by atoms with van der Waals surface area (Å²) in [5.74, 6) is 0. The molecule has 21 heavy (non-hydrogen) atoms. The molecule has 1 rings (SSSR count). The van der Waals surface area contributed by atoms with Gasteiger partial charge in [0, 0.05) is 14.4 Å². The average Bonchev–Trinajstić information content (AvgIpc) is 2.36. The fourth-order valence-electron chi connectivity index (χ4n) is 1.81. The van der Waals surface area contributed by atoms with Gasteiger partial charge in [-0.25, -0.2) is 0 Å². The summed E-state index contributed by atoms with van der Waals surface area (Å²) in [5.41, 5.74) is 0.615. The van der Waals surface area contributed by atoms with E-state index >= 15 is 0 Å². The summed E-state index contributed by atoms with van der Waals surface area (Å²) in [7, 11) is -1.75. The Morgan fingerprint density at radius 2 is 1.76 bits per heavy atom. The number of sulfonamides is 1. The van der Waals surface area contributed by atoms with Gasteiger partial charge in [-0.2, -0.15) is 13.3 Å². The van der Waals surface area contributed by atoms with Crippen LogP contribution in [0.5, 0.6) is 0 Å². The van der Waals surface area contributed by atoms with E-state index in [-0.39, 0.29) is 0 Å². The van der Waals surface area contributed by atoms with Crippen molar-refractivity contribution >= 4 is 55.2 Å². The Morgan fingerprint density at radius 1 is 1.24 bits per heavy atom. The van der Waals surface area contributed by atoms with Crippen LogP contribution in [0.15, 0.2) is 24.3 Å². The molecule has 0 saturated heterocycles. The quantitative estimate of drug-likeness (QED) is 0.232. The Bertz CT molecular complexity index is 572. The van der Waals surface area contributed by atoms with E-state index in [1.807, 2.05) is 38.1 Å².